The van der Waals surface area contributed by atoms with Gasteiger partial charge in [0.15, 0.2) is 11.4 Å². The Bertz CT molecular complexity index is 854. The van der Waals surface area contributed by atoms with Crippen LogP contribution in [-0.4, -0.2) is 62.8 Å². The topological polar surface area (TPSA) is 61.6 Å². The van der Waals surface area contributed by atoms with Crippen LogP contribution in [0.5, 0.6) is 5.75 Å². The van der Waals surface area contributed by atoms with Gasteiger partial charge in [-0.3, -0.25) is 4.79 Å². The van der Waals surface area contributed by atoms with Crippen molar-refractivity contribution in [2.24, 2.45) is 0 Å². The number of carbonyl (C=O) groups excluding carboxylic acids is 1. The highest BCUT2D eigenvalue weighted by atomic mass is 16.3. The zero-order valence-corrected chi connectivity index (χ0v) is 17.5. The minimum atomic E-state index is -0.164. The van der Waals surface area contributed by atoms with Crippen molar-refractivity contribution in [2.45, 2.75) is 57.9 Å². The Morgan fingerprint density at radius 1 is 1.10 bits per heavy atom. The highest BCUT2D eigenvalue weighted by Gasteiger charge is 2.29. The third kappa shape index (κ3) is 4.32. The predicted molar refractivity (Wildman–Crippen MR) is 114 cm³/mol. The number of benzene rings is 1. The van der Waals surface area contributed by atoms with Crippen molar-refractivity contribution in [2.75, 3.05) is 26.2 Å². The van der Waals surface area contributed by atoms with Gasteiger partial charge in [0.25, 0.3) is 5.91 Å². The summed E-state index contributed by atoms with van der Waals surface area (Å²) in [6, 6.07) is 8.65. The highest BCUT2D eigenvalue weighted by Crippen LogP contribution is 2.25. The molecule has 0 saturated carbocycles. The average molecular weight is 397 g/mol. The lowest BCUT2D eigenvalue weighted by Gasteiger charge is -2.26. The number of amides is 1. The third-order valence-electron chi connectivity index (χ3n) is 6.34. The normalized spacial score (nSPS) is 20.9. The van der Waals surface area contributed by atoms with E-state index in [-0.39, 0.29) is 17.4 Å². The van der Waals surface area contributed by atoms with Crippen molar-refractivity contribution in [3.63, 3.8) is 0 Å². The molecule has 6 nitrogen and oxygen atoms in total. The maximum atomic E-state index is 13.1. The Morgan fingerprint density at radius 3 is 2.66 bits per heavy atom. The van der Waals surface area contributed by atoms with Crippen molar-refractivity contribution >= 4 is 5.91 Å². The summed E-state index contributed by atoms with van der Waals surface area (Å²) in [5.74, 6) is 0.189. The molecule has 1 amide bonds. The minimum Gasteiger partial charge on any atom is -0.504 e. The molecule has 0 aliphatic carbocycles. The number of carbonyl (C=O) groups is 1. The molecule has 4 rings (SSSR count). The molecule has 2 saturated heterocycles. The quantitative estimate of drug-likeness (QED) is 0.854. The van der Waals surface area contributed by atoms with Gasteiger partial charge >= 0.3 is 0 Å². The largest absolute Gasteiger partial charge is 0.504 e. The first-order valence-electron chi connectivity index (χ1n) is 10.9. The van der Waals surface area contributed by atoms with E-state index in [1.165, 1.54) is 37.7 Å². The van der Waals surface area contributed by atoms with Crippen molar-refractivity contribution < 1.29 is 9.90 Å². The molecule has 0 radical (unpaired) electrons. The highest BCUT2D eigenvalue weighted by molar-refractivity contribution is 5.94. The van der Waals surface area contributed by atoms with Gasteiger partial charge in [-0.05, 0) is 68.8 Å². The summed E-state index contributed by atoms with van der Waals surface area (Å²) < 4.78 is 1.61. The van der Waals surface area contributed by atoms with Gasteiger partial charge in [0, 0.05) is 19.1 Å². The summed E-state index contributed by atoms with van der Waals surface area (Å²) in [5.41, 5.74) is 2.21. The van der Waals surface area contributed by atoms with E-state index < -0.39 is 0 Å². The monoisotopic (exact) mass is 396 g/mol. The molecule has 1 N–H and O–H groups in total. The Balaban J connectivity index is 1.48. The number of aromatic nitrogens is 2. The second-order valence-electron chi connectivity index (χ2n) is 8.68. The molecule has 0 bridgehead atoms. The fourth-order valence-electron chi connectivity index (χ4n) is 4.58. The zero-order valence-electron chi connectivity index (χ0n) is 17.5. The summed E-state index contributed by atoms with van der Waals surface area (Å²) in [4.78, 5) is 17.6. The first kappa shape index (κ1) is 20.0. The van der Waals surface area contributed by atoms with Gasteiger partial charge in [-0.2, -0.15) is 5.10 Å². The van der Waals surface area contributed by atoms with Crippen molar-refractivity contribution in [1.82, 2.24) is 19.6 Å². The number of aromatic hydroxyl groups is 1. The molecular formula is C23H32N4O2. The molecule has 2 aliphatic rings. The van der Waals surface area contributed by atoms with E-state index in [0.717, 1.165) is 38.0 Å². The number of hydrogen-bond acceptors (Lipinski definition) is 4. The fourth-order valence-corrected chi connectivity index (χ4v) is 4.58. The maximum absolute atomic E-state index is 13.1. The van der Waals surface area contributed by atoms with E-state index >= 15 is 0 Å². The molecule has 156 valence electrons. The van der Waals surface area contributed by atoms with Crippen molar-refractivity contribution in [3.8, 4) is 11.4 Å². The molecule has 1 aromatic heterocycles. The van der Waals surface area contributed by atoms with E-state index in [9.17, 15) is 9.90 Å². The van der Waals surface area contributed by atoms with Gasteiger partial charge in [0.1, 0.15) is 0 Å². The minimum absolute atomic E-state index is 0.0507. The van der Waals surface area contributed by atoms with Crippen LogP contribution < -0.4 is 0 Å². The van der Waals surface area contributed by atoms with Crippen molar-refractivity contribution in [3.05, 3.63) is 41.7 Å². The van der Waals surface area contributed by atoms with Crippen LogP contribution in [0.2, 0.25) is 0 Å². The Kier molecular flexibility index (Phi) is 5.90. The molecule has 2 fully saturated rings. The van der Waals surface area contributed by atoms with Crippen LogP contribution in [0.15, 0.2) is 30.5 Å². The van der Waals surface area contributed by atoms with E-state index in [2.05, 4.69) is 36.0 Å². The summed E-state index contributed by atoms with van der Waals surface area (Å²) >= 11 is 0. The molecule has 0 spiro atoms. The van der Waals surface area contributed by atoms with Crippen LogP contribution >= 0.6 is 0 Å². The summed E-state index contributed by atoms with van der Waals surface area (Å²) in [7, 11) is 0. The molecular weight excluding hydrogens is 364 g/mol. The summed E-state index contributed by atoms with van der Waals surface area (Å²) in [5, 5.41) is 14.9. The maximum Gasteiger partial charge on any atom is 0.278 e. The Hall–Kier alpha value is -2.34. The summed E-state index contributed by atoms with van der Waals surface area (Å²) in [6.07, 6.45) is 7.28. The molecule has 6 heteroatoms. The SMILES string of the molecule is CC(C)c1cccc(-n2cc(O)c(C(=O)N3CCCC(N4CCCC4)CC3)n2)c1. The van der Waals surface area contributed by atoms with Gasteiger partial charge in [-0.15, -0.1) is 0 Å². The molecule has 29 heavy (non-hydrogen) atoms. The van der Waals surface area contributed by atoms with Crippen LogP contribution in [0.3, 0.4) is 0 Å². The van der Waals surface area contributed by atoms with Crippen molar-refractivity contribution in [1.29, 1.82) is 0 Å². The van der Waals surface area contributed by atoms with E-state index in [1.807, 2.05) is 17.0 Å². The summed E-state index contributed by atoms with van der Waals surface area (Å²) in [6.45, 7) is 8.14. The second kappa shape index (κ2) is 8.57. The number of hydrogen-bond donors (Lipinski definition) is 1. The third-order valence-corrected chi connectivity index (χ3v) is 6.34. The van der Waals surface area contributed by atoms with Crippen LogP contribution in [-0.2, 0) is 0 Å². The van der Waals surface area contributed by atoms with Gasteiger partial charge in [-0.25, -0.2) is 4.68 Å². The van der Waals surface area contributed by atoms with Crippen LogP contribution in [0.25, 0.3) is 5.69 Å². The molecule has 2 aromatic rings. The standard InChI is InChI=1S/C23H32N4O2/c1-17(2)18-7-5-8-20(15-18)27-16-21(28)22(24-27)23(29)26-13-6-9-19(10-14-26)25-11-3-4-12-25/h5,7-8,15-17,19,28H,3-4,6,9-14H2,1-2H3. The molecule has 2 aliphatic heterocycles. The van der Waals surface area contributed by atoms with E-state index in [4.69, 9.17) is 0 Å². The fraction of sp³-hybridized carbons (Fsp3) is 0.565. The molecule has 1 atom stereocenters. The Labute approximate surface area is 173 Å². The smallest absolute Gasteiger partial charge is 0.278 e. The zero-order chi connectivity index (χ0) is 20.4. The second-order valence-corrected chi connectivity index (χ2v) is 8.68. The molecule has 1 aromatic carbocycles. The predicted octanol–water partition coefficient (Wildman–Crippen LogP) is 3.79. The number of rotatable bonds is 4. The van der Waals surface area contributed by atoms with Gasteiger partial charge in [0.05, 0.1) is 11.9 Å². The number of nitrogens with zero attached hydrogens (tertiary/aromatic N) is 4. The lowest BCUT2D eigenvalue weighted by Crippen LogP contribution is -2.35. The average Bonchev–Trinajstić information content (AvgIpc) is 3.32. The first-order valence-corrected chi connectivity index (χ1v) is 10.9. The van der Waals surface area contributed by atoms with Gasteiger partial charge in [-0.1, -0.05) is 26.0 Å². The lowest BCUT2D eigenvalue weighted by atomic mass is 10.0. The molecule has 3 heterocycles. The number of likely N-dealkylation sites (tertiary alicyclic amines) is 2. The van der Waals surface area contributed by atoms with E-state index in [1.54, 1.807) is 4.68 Å². The Morgan fingerprint density at radius 2 is 1.90 bits per heavy atom. The van der Waals surface area contributed by atoms with Crippen LogP contribution in [0.4, 0.5) is 0 Å². The lowest BCUT2D eigenvalue weighted by molar-refractivity contribution is 0.0748. The van der Waals surface area contributed by atoms with Crippen LogP contribution in [0.1, 0.15) is 67.9 Å². The first-order chi connectivity index (χ1) is 14.0. The van der Waals surface area contributed by atoms with E-state index in [0.29, 0.717) is 12.0 Å². The van der Waals surface area contributed by atoms with Crippen LogP contribution in [0, 0.1) is 0 Å². The van der Waals surface area contributed by atoms with Gasteiger partial charge in [0.2, 0.25) is 0 Å². The molecule has 1 unspecified atom stereocenters. The van der Waals surface area contributed by atoms with Gasteiger partial charge < -0.3 is 14.9 Å².